The lowest BCUT2D eigenvalue weighted by atomic mass is 10.0. The van der Waals surface area contributed by atoms with Gasteiger partial charge in [0, 0.05) is 17.8 Å². The second-order valence-electron chi connectivity index (χ2n) is 8.78. The Hall–Kier alpha value is -3.61. The van der Waals surface area contributed by atoms with Crippen molar-refractivity contribution < 1.29 is 14.3 Å². The highest BCUT2D eigenvalue weighted by atomic mass is 16.5. The van der Waals surface area contributed by atoms with Crippen molar-refractivity contribution in [2.45, 2.75) is 53.8 Å². The monoisotopic (exact) mass is 462 g/mol. The predicted octanol–water partition coefficient (Wildman–Crippen LogP) is 4.02. The molecule has 0 aliphatic rings. The first-order valence-corrected chi connectivity index (χ1v) is 11.7. The molecule has 180 valence electrons. The highest BCUT2D eigenvalue weighted by Crippen LogP contribution is 2.14. The average Bonchev–Trinajstić information content (AvgIpc) is 3.12. The van der Waals surface area contributed by atoms with Gasteiger partial charge in [-0.05, 0) is 68.1 Å². The van der Waals surface area contributed by atoms with Gasteiger partial charge in [-0.2, -0.15) is 5.10 Å². The van der Waals surface area contributed by atoms with Gasteiger partial charge >= 0.3 is 0 Å². The molecule has 1 unspecified atom stereocenters. The standard InChI is InChI=1S/C27H34N4O3/c1-6-34-24-12-10-23(11-13-24)26(32)29-25(18(2)3)27(33)28-16-21-8-7-9-22(15-21)17-31-20(5)14-19(4)30-31/h7-15,18,25H,6,16-17H2,1-5H3,(H,28,33)(H,29,32). The largest absolute Gasteiger partial charge is 0.494 e. The minimum Gasteiger partial charge on any atom is -0.494 e. The molecule has 1 heterocycles. The number of rotatable bonds is 10. The SMILES string of the molecule is CCOc1ccc(C(=O)NC(C(=O)NCc2cccc(Cn3nc(C)cc3C)c2)C(C)C)cc1. The molecule has 7 heteroatoms. The van der Waals surface area contributed by atoms with Crippen LogP contribution in [0.25, 0.3) is 0 Å². The number of carbonyl (C=O) groups excluding carboxylic acids is 2. The summed E-state index contributed by atoms with van der Waals surface area (Å²) in [4.78, 5) is 25.6. The summed E-state index contributed by atoms with van der Waals surface area (Å²) in [6, 6.07) is 16.4. The molecular formula is C27H34N4O3. The third-order valence-corrected chi connectivity index (χ3v) is 5.56. The zero-order chi connectivity index (χ0) is 24.7. The van der Waals surface area contributed by atoms with Gasteiger partial charge < -0.3 is 15.4 Å². The van der Waals surface area contributed by atoms with E-state index in [1.807, 2.05) is 51.4 Å². The fraction of sp³-hybridized carbons (Fsp3) is 0.370. The Kier molecular flexibility index (Phi) is 8.46. The Bertz CT molecular complexity index is 1120. The lowest BCUT2D eigenvalue weighted by Gasteiger charge is -2.22. The van der Waals surface area contributed by atoms with Crippen molar-refractivity contribution in [3.63, 3.8) is 0 Å². The first-order chi connectivity index (χ1) is 16.3. The topological polar surface area (TPSA) is 85.2 Å². The average molecular weight is 463 g/mol. The first-order valence-electron chi connectivity index (χ1n) is 11.7. The number of benzene rings is 2. The molecule has 0 spiro atoms. The Labute approximate surface area is 201 Å². The fourth-order valence-electron chi connectivity index (χ4n) is 3.77. The van der Waals surface area contributed by atoms with Gasteiger partial charge in [-0.3, -0.25) is 14.3 Å². The third kappa shape index (κ3) is 6.70. The first kappa shape index (κ1) is 25.0. The molecule has 1 aromatic heterocycles. The number of nitrogens with one attached hydrogen (secondary N) is 2. The van der Waals surface area contributed by atoms with Crippen molar-refractivity contribution in [1.29, 1.82) is 0 Å². The Morgan fingerprint density at radius 2 is 1.74 bits per heavy atom. The molecule has 2 N–H and O–H groups in total. The fourth-order valence-corrected chi connectivity index (χ4v) is 3.77. The second kappa shape index (κ2) is 11.5. The summed E-state index contributed by atoms with van der Waals surface area (Å²) in [5, 5.41) is 10.4. The van der Waals surface area contributed by atoms with Crippen molar-refractivity contribution in [2.75, 3.05) is 6.61 Å². The Balaban J connectivity index is 1.60. The zero-order valence-electron chi connectivity index (χ0n) is 20.6. The van der Waals surface area contributed by atoms with Crippen molar-refractivity contribution in [2.24, 2.45) is 5.92 Å². The summed E-state index contributed by atoms with van der Waals surface area (Å²) in [6.07, 6.45) is 0. The number of hydrogen-bond donors (Lipinski definition) is 2. The number of hydrogen-bond acceptors (Lipinski definition) is 4. The van der Waals surface area contributed by atoms with Gasteiger partial charge in [-0.15, -0.1) is 0 Å². The highest BCUT2D eigenvalue weighted by Gasteiger charge is 2.24. The summed E-state index contributed by atoms with van der Waals surface area (Å²) in [7, 11) is 0. The molecule has 0 aliphatic carbocycles. The summed E-state index contributed by atoms with van der Waals surface area (Å²) >= 11 is 0. The van der Waals surface area contributed by atoms with Crippen molar-refractivity contribution in [3.8, 4) is 5.75 Å². The minimum absolute atomic E-state index is 0.0657. The third-order valence-electron chi connectivity index (χ3n) is 5.56. The van der Waals surface area contributed by atoms with Crippen LogP contribution in [0.4, 0.5) is 0 Å². The number of amides is 2. The van der Waals surface area contributed by atoms with Crippen LogP contribution in [0.15, 0.2) is 54.6 Å². The van der Waals surface area contributed by atoms with Gasteiger partial charge in [-0.25, -0.2) is 0 Å². The molecule has 0 bridgehead atoms. The molecule has 3 aromatic rings. The molecule has 34 heavy (non-hydrogen) atoms. The van der Waals surface area contributed by atoms with Gasteiger partial charge in [0.15, 0.2) is 0 Å². The van der Waals surface area contributed by atoms with Crippen LogP contribution in [0.1, 0.15) is 53.6 Å². The minimum atomic E-state index is -0.642. The van der Waals surface area contributed by atoms with Crippen LogP contribution in [0.3, 0.4) is 0 Å². The van der Waals surface area contributed by atoms with E-state index in [-0.39, 0.29) is 17.7 Å². The highest BCUT2D eigenvalue weighted by molar-refractivity contribution is 5.97. The van der Waals surface area contributed by atoms with E-state index in [1.54, 1.807) is 24.3 Å². The molecule has 0 aliphatic heterocycles. The van der Waals surface area contributed by atoms with Gasteiger partial charge in [-0.1, -0.05) is 38.1 Å². The number of ether oxygens (including phenoxy) is 1. The van der Waals surface area contributed by atoms with E-state index in [4.69, 9.17) is 4.74 Å². The second-order valence-corrected chi connectivity index (χ2v) is 8.78. The maximum absolute atomic E-state index is 12.9. The molecular weight excluding hydrogens is 428 g/mol. The summed E-state index contributed by atoms with van der Waals surface area (Å²) in [6.45, 7) is 11.4. The van der Waals surface area contributed by atoms with Crippen LogP contribution in [-0.4, -0.2) is 34.2 Å². The van der Waals surface area contributed by atoms with Gasteiger partial charge in [0.25, 0.3) is 5.91 Å². The zero-order valence-corrected chi connectivity index (χ0v) is 20.6. The number of aromatic nitrogens is 2. The van der Waals surface area contributed by atoms with E-state index in [2.05, 4.69) is 33.9 Å². The molecule has 2 aromatic carbocycles. The maximum Gasteiger partial charge on any atom is 0.251 e. The van der Waals surface area contributed by atoms with Crippen LogP contribution < -0.4 is 15.4 Å². The molecule has 3 rings (SSSR count). The summed E-state index contributed by atoms with van der Waals surface area (Å²) < 4.78 is 7.39. The maximum atomic E-state index is 12.9. The normalized spacial score (nSPS) is 11.8. The lowest BCUT2D eigenvalue weighted by molar-refractivity contribution is -0.124. The Morgan fingerprint density at radius 1 is 1.03 bits per heavy atom. The molecule has 0 saturated heterocycles. The van der Waals surface area contributed by atoms with Crippen LogP contribution in [0.5, 0.6) is 5.75 Å². The molecule has 0 radical (unpaired) electrons. The van der Waals surface area contributed by atoms with Crippen LogP contribution in [0.2, 0.25) is 0 Å². The van der Waals surface area contributed by atoms with Gasteiger partial charge in [0.2, 0.25) is 5.91 Å². The van der Waals surface area contributed by atoms with E-state index < -0.39 is 6.04 Å². The van der Waals surface area contributed by atoms with Crippen molar-refractivity contribution in [1.82, 2.24) is 20.4 Å². The summed E-state index contributed by atoms with van der Waals surface area (Å²) in [5.74, 6) is 0.142. The lowest BCUT2D eigenvalue weighted by Crippen LogP contribution is -2.49. The van der Waals surface area contributed by atoms with E-state index >= 15 is 0 Å². The Morgan fingerprint density at radius 3 is 2.35 bits per heavy atom. The van der Waals surface area contributed by atoms with Crippen molar-refractivity contribution >= 4 is 11.8 Å². The molecule has 1 atom stereocenters. The molecule has 0 saturated carbocycles. The molecule has 2 amide bonds. The molecule has 0 fully saturated rings. The van der Waals surface area contributed by atoms with Gasteiger partial charge in [0.05, 0.1) is 18.8 Å². The van der Waals surface area contributed by atoms with Crippen molar-refractivity contribution in [3.05, 3.63) is 82.7 Å². The van der Waals surface area contributed by atoms with Crippen LogP contribution in [-0.2, 0) is 17.9 Å². The van der Waals surface area contributed by atoms with E-state index in [9.17, 15) is 9.59 Å². The summed E-state index contributed by atoms with van der Waals surface area (Å²) in [5.41, 5.74) is 4.70. The van der Waals surface area contributed by atoms with Crippen LogP contribution >= 0.6 is 0 Å². The smallest absolute Gasteiger partial charge is 0.251 e. The van der Waals surface area contributed by atoms with E-state index in [0.717, 1.165) is 22.5 Å². The van der Waals surface area contributed by atoms with Gasteiger partial charge in [0.1, 0.15) is 11.8 Å². The number of aryl methyl sites for hydroxylation is 2. The number of nitrogens with zero attached hydrogens (tertiary/aromatic N) is 2. The van der Waals surface area contributed by atoms with E-state index in [0.29, 0.717) is 31.0 Å². The number of carbonyl (C=O) groups is 2. The van der Waals surface area contributed by atoms with Crippen LogP contribution in [0, 0.1) is 19.8 Å². The quantitative estimate of drug-likeness (QED) is 0.477. The molecule has 7 nitrogen and oxygen atoms in total. The predicted molar refractivity (Wildman–Crippen MR) is 133 cm³/mol. The van der Waals surface area contributed by atoms with E-state index in [1.165, 1.54) is 0 Å².